The Labute approximate surface area is 202 Å². The van der Waals surface area contributed by atoms with E-state index in [9.17, 15) is 0 Å². The number of hydrogen-bond donors (Lipinski definition) is 0. The van der Waals surface area contributed by atoms with Crippen LogP contribution >= 0.6 is 26.2 Å². The molecule has 1 aromatic rings. The van der Waals surface area contributed by atoms with Crippen LogP contribution in [0.3, 0.4) is 0 Å². The van der Waals surface area contributed by atoms with Gasteiger partial charge < -0.3 is 4.89 Å². The zero-order chi connectivity index (χ0) is 24.6. The Morgan fingerprint density at radius 2 is 1.41 bits per heavy atom. The van der Waals surface area contributed by atoms with Crippen molar-refractivity contribution < 1.29 is 9.52 Å². The van der Waals surface area contributed by atoms with Gasteiger partial charge >= 0.3 is 12.1 Å². The third kappa shape index (κ3) is 5.58. The fourth-order valence-electron chi connectivity index (χ4n) is 4.59. The lowest BCUT2D eigenvalue weighted by Gasteiger charge is -2.39. The van der Waals surface area contributed by atoms with Gasteiger partial charge in [0, 0.05) is 29.7 Å². The van der Waals surface area contributed by atoms with Gasteiger partial charge in [0.15, 0.2) is 17.3 Å². The van der Waals surface area contributed by atoms with E-state index in [4.69, 9.17) is 15.9 Å². The molecule has 3 atom stereocenters. The lowest BCUT2D eigenvalue weighted by molar-refractivity contribution is -0.241. The Bertz CT molecular complexity index is 780. The number of rotatable bonds is 7. The van der Waals surface area contributed by atoms with Crippen molar-refractivity contribution in [2.24, 2.45) is 0 Å². The topological polar surface area (TPSA) is 42.0 Å². The first-order chi connectivity index (χ1) is 14.6. The van der Waals surface area contributed by atoms with Crippen molar-refractivity contribution in [2.75, 3.05) is 0 Å². The van der Waals surface area contributed by atoms with E-state index >= 15 is 4.89 Å². The third-order valence-electron chi connectivity index (χ3n) is 5.56. The third-order valence-corrected chi connectivity index (χ3v) is 13.0. The first-order valence-corrected chi connectivity index (χ1v) is 15.5. The molecule has 1 saturated heterocycles. The average Bonchev–Trinajstić information content (AvgIpc) is 2.94. The number of halogens is 1. The number of hydrogen-bond acceptors (Lipinski definition) is 5. The maximum Gasteiger partial charge on any atom is 0.351 e. The minimum atomic E-state index is -3.44. The molecule has 0 amide bonds. The maximum absolute atomic E-state index is 15.1. The zero-order valence-electron chi connectivity index (χ0n) is 21.7. The highest BCUT2D eigenvalue weighted by atomic mass is 35.7. The highest BCUT2D eigenvalue weighted by molar-refractivity contribution is 7.99. The molecule has 2 rings (SSSR count). The lowest BCUT2D eigenvalue weighted by Crippen LogP contribution is -2.44. The van der Waals surface area contributed by atoms with Gasteiger partial charge in [-0.3, -0.25) is 0 Å². The van der Waals surface area contributed by atoms with Gasteiger partial charge in [-0.05, 0) is 81.7 Å². The van der Waals surface area contributed by atoms with Crippen molar-refractivity contribution in [2.45, 2.75) is 112 Å². The average molecular weight is 503 g/mol. The van der Waals surface area contributed by atoms with Crippen LogP contribution in [0.25, 0.3) is 0 Å². The Kier molecular flexibility index (Phi) is 9.39. The van der Waals surface area contributed by atoms with E-state index < -0.39 is 14.9 Å². The summed E-state index contributed by atoms with van der Waals surface area (Å²) in [6, 6.07) is 10.5. The second kappa shape index (κ2) is 10.7. The first kappa shape index (κ1) is 28.1. The molecule has 0 radical (unpaired) electrons. The van der Waals surface area contributed by atoms with Gasteiger partial charge in [0.05, 0.1) is 0 Å². The van der Waals surface area contributed by atoms with Crippen LogP contribution in [-0.4, -0.2) is 49.1 Å². The van der Waals surface area contributed by atoms with Crippen LogP contribution in [0, 0.1) is 0 Å². The fourth-order valence-corrected chi connectivity index (χ4v) is 12.6. The Hall–Kier alpha value is -0.0900. The van der Waals surface area contributed by atoms with E-state index in [0.717, 1.165) is 10.6 Å². The molecule has 5 nitrogen and oxygen atoms in total. The van der Waals surface area contributed by atoms with Crippen LogP contribution in [0.15, 0.2) is 30.3 Å². The predicted octanol–water partition coefficient (Wildman–Crippen LogP) is 6.81. The predicted molar refractivity (Wildman–Crippen MR) is 141 cm³/mol. The molecule has 0 N–H and O–H groups in total. The summed E-state index contributed by atoms with van der Waals surface area (Å²) in [6.45, 7) is 23.2. The quantitative estimate of drug-likeness (QED) is 0.383. The van der Waals surface area contributed by atoms with E-state index in [0.29, 0.717) is 0 Å². The van der Waals surface area contributed by atoms with Crippen molar-refractivity contribution in [3.63, 3.8) is 0 Å². The highest BCUT2D eigenvalue weighted by Gasteiger charge is 2.67. The maximum atomic E-state index is 15.1. The molecule has 0 spiro atoms. The van der Waals surface area contributed by atoms with Gasteiger partial charge in [0.2, 0.25) is 0 Å². The van der Waals surface area contributed by atoms with E-state index in [1.54, 1.807) is 0 Å². The van der Waals surface area contributed by atoms with Crippen molar-refractivity contribution >= 4 is 31.2 Å². The molecule has 1 aromatic carbocycles. The van der Waals surface area contributed by atoms with Crippen LogP contribution in [0.2, 0.25) is 0 Å². The van der Waals surface area contributed by atoms with Gasteiger partial charge in [0.1, 0.15) is 0 Å². The molecule has 0 bridgehead atoms. The van der Waals surface area contributed by atoms with Crippen LogP contribution in [0.4, 0.5) is 0 Å². The molecular weight excluding hydrogens is 460 g/mol. The monoisotopic (exact) mass is 502 g/mol. The van der Waals surface area contributed by atoms with Crippen molar-refractivity contribution in [3.8, 4) is 0 Å². The number of benzene rings is 1. The SMILES string of the molecule is CC(C)N(C(C)C)/[P+](Cl)=C1/C(c2ccccc2)N(C(C)(C)C)O[P+]1([O-])N(C(C)C)C(C)C. The molecule has 1 aliphatic heterocycles. The van der Waals surface area contributed by atoms with Crippen LogP contribution in [0.1, 0.15) is 87.8 Å². The highest BCUT2D eigenvalue weighted by Crippen LogP contribution is 2.73. The van der Waals surface area contributed by atoms with Crippen LogP contribution < -0.4 is 4.89 Å². The molecule has 1 aliphatic rings. The standard InChI is InChI=1S/C24H43ClN3O2P2/c1-17(2)26(18(3)4)31(25)23-22(21-15-13-12-14-16-21)28(24(9,10)11)30-32(23,29)27(19(5)6)20(7)8/h12-20,22H,1-11H3/q+1. The largest absolute Gasteiger partial charge is 0.632 e. The van der Waals surface area contributed by atoms with Gasteiger partial charge in [0.25, 0.3) is 7.87 Å². The van der Waals surface area contributed by atoms with Gasteiger partial charge in [-0.25, -0.2) is 0 Å². The van der Waals surface area contributed by atoms with Gasteiger partial charge in [-0.1, -0.05) is 30.3 Å². The molecule has 3 unspecified atom stereocenters. The summed E-state index contributed by atoms with van der Waals surface area (Å²) < 4.78 is 10.9. The minimum Gasteiger partial charge on any atom is -0.632 e. The van der Waals surface area contributed by atoms with E-state index in [2.05, 4.69) is 93.0 Å². The van der Waals surface area contributed by atoms with E-state index in [-0.39, 0.29) is 35.7 Å². The summed E-state index contributed by atoms with van der Waals surface area (Å²) in [6.07, 6.45) is 0. The molecule has 0 aromatic heterocycles. The van der Waals surface area contributed by atoms with Crippen LogP contribution in [-0.2, 0) is 4.62 Å². The fraction of sp³-hybridized carbons (Fsp3) is 0.708. The molecule has 8 heteroatoms. The molecule has 32 heavy (non-hydrogen) atoms. The summed E-state index contributed by atoms with van der Waals surface area (Å²) in [7, 11) is -4.81. The van der Waals surface area contributed by atoms with E-state index in [1.165, 1.54) is 0 Å². The molecule has 1 fully saturated rings. The summed E-state index contributed by atoms with van der Waals surface area (Å²) in [5.74, 6) is 0. The zero-order valence-corrected chi connectivity index (χ0v) is 24.2. The van der Waals surface area contributed by atoms with Crippen molar-refractivity contribution in [1.82, 2.24) is 14.4 Å². The summed E-state index contributed by atoms with van der Waals surface area (Å²) >= 11 is 7.39. The van der Waals surface area contributed by atoms with Crippen molar-refractivity contribution in [1.29, 1.82) is 0 Å². The Morgan fingerprint density at radius 3 is 1.78 bits per heavy atom. The molecular formula is C24H43ClN3O2P2+. The smallest absolute Gasteiger partial charge is 0.351 e. The lowest BCUT2D eigenvalue weighted by atomic mass is 10.0. The van der Waals surface area contributed by atoms with E-state index in [1.807, 2.05) is 27.9 Å². The Morgan fingerprint density at radius 1 is 0.938 bits per heavy atom. The van der Waals surface area contributed by atoms with Gasteiger partial charge in [-0.2, -0.15) is 0 Å². The number of hydroxylamine groups is 2. The van der Waals surface area contributed by atoms with Crippen LogP contribution in [0.5, 0.6) is 0 Å². The molecule has 0 saturated carbocycles. The summed E-state index contributed by atoms with van der Waals surface area (Å²) in [5.41, 5.74) is 0.689. The second-order valence-electron chi connectivity index (χ2n) is 10.7. The van der Waals surface area contributed by atoms with Gasteiger partial charge in [-0.15, -0.1) is 19.0 Å². The summed E-state index contributed by atoms with van der Waals surface area (Å²) in [4.78, 5) is 15.1. The normalized spacial score (nSPS) is 24.8. The minimum absolute atomic E-state index is 0.0405. The first-order valence-electron chi connectivity index (χ1n) is 11.7. The Balaban J connectivity index is 2.94. The van der Waals surface area contributed by atoms with Crippen molar-refractivity contribution in [3.05, 3.63) is 35.9 Å². The second-order valence-corrected chi connectivity index (χ2v) is 15.6. The number of nitrogens with zero attached hydrogens (tertiary/aromatic N) is 3. The molecule has 1 heterocycles. The summed E-state index contributed by atoms with van der Waals surface area (Å²) in [5, 5.41) is 2.76. The molecule has 0 aliphatic carbocycles. The molecule has 182 valence electrons.